The van der Waals surface area contributed by atoms with Crippen molar-refractivity contribution in [3.8, 4) is 5.75 Å². The van der Waals surface area contributed by atoms with Crippen LogP contribution in [0, 0.1) is 11.8 Å². The summed E-state index contributed by atoms with van der Waals surface area (Å²) in [5.41, 5.74) is 0.569. The van der Waals surface area contributed by atoms with Crippen molar-refractivity contribution in [2.75, 3.05) is 0 Å². The van der Waals surface area contributed by atoms with E-state index in [1.165, 1.54) is 24.3 Å². The van der Waals surface area contributed by atoms with Crippen LogP contribution in [-0.4, -0.2) is 19.1 Å². The van der Waals surface area contributed by atoms with E-state index in [1.54, 1.807) is 0 Å². The molecule has 0 heterocycles. The van der Waals surface area contributed by atoms with Crippen LogP contribution in [0.3, 0.4) is 0 Å². The minimum Gasteiger partial charge on any atom is -0.435 e. The van der Waals surface area contributed by atoms with Crippen molar-refractivity contribution in [3.05, 3.63) is 42.0 Å². The number of ether oxygens (including phenoxy) is 2. The zero-order valence-corrected chi connectivity index (χ0v) is 15.6. The van der Waals surface area contributed by atoms with Gasteiger partial charge in [-0.15, -0.1) is 0 Å². The molecule has 2 rings (SSSR count). The summed E-state index contributed by atoms with van der Waals surface area (Å²) in [6.07, 6.45) is 5.94. The predicted octanol–water partition coefficient (Wildman–Crippen LogP) is 6.60. The number of rotatable bonds is 10. The third-order valence-electron chi connectivity index (χ3n) is 5.13. The molecule has 2 nitrogen and oxygen atoms in total. The van der Waals surface area contributed by atoms with Crippen LogP contribution in [0.1, 0.15) is 51.0 Å². The molecule has 1 aliphatic rings. The molecule has 0 bridgehead atoms. The van der Waals surface area contributed by atoms with Gasteiger partial charge >= 0.3 is 6.61 Å². The molecule has 0 radical (unpaired) electrons. The SMILES string of the molecule is C/C=C/CC[C@H]1CC[C@H](C(F)C(F)OCc2ccc(OC(F)F)cc2)CC1. The first kappa shape index (κ1) is 21.7. The summed E-state index contributed by atoms with van der Waals surface area (Å²) in [6, 6.07) is 5.68. The van der Waals surface area contributed by atoms with Gasteiger partial charge in [0, 0.05) is 0 Å². The highest BCUT2D eigenvalue weighted by molar-refractivity contribution is 5.26. The number of hydrogen-bond donors (Lipinski definition) is 0. The van der Waals surface area contributed by atoms with E-state index in [1.807, 2.05) is 13.0 Å². The van der Waals surface area contributed by atoms with Gasteiger partial charge in [-0.1, -0.05) is 37.1 Å². The topological polar surface area (TPSA) is 18.5 Å². The van der Waals surface area contributed by atoms with Crippen molar-refractivity contribution in [2.45, 2.75) is 71.2 Å². The minimum atomic E-state index is -2.90. The first-order chi connectivity index (χ1) is 13.0. The summed E-state index contributed by atoms with van der Waals surface area (Å²) in [4.78, 5) is 0. The Morgan fingerprint density at radius 1 is 1.04 bits per heavy atom. The molecule has 2 unspecified atom stereocenters. The van der Waals surface area contributed by atoms with Crippen molar-refractivity contribution in [2.24, 2.45) is 11.8 Å². The van der Waals surface area contributed by atoms with Crippen molar-refractivity contribution in [1.29, 1.82) is 0 Å². The standard InChI is InChI=1S/C21H28F4O2/c1-2-3-4-5-15-6-10-17(11-7-15)19(22)20(23)26-14-16-8-12-18(13-9-16)27-21(24)25/h2-3,8-9,12-13,15,17,19-21H,4-7,10-11,14H2,1H3/b3-2+/t15-,17-,19?,20?. The molecule has 1 saturated carbocycles. The van der Waals surface area contributed by atoms with Gasteiger partial charge in [0.25, 0.3) is 0 Å². The number of allylic oxidation sites excluding steroid dienone is 2. The van der Waals surface area contributed by atoms with E-state index in [9.17, 15) is 17.6 Å². The van der Waals surface area contributed by atoms with Crippen molar-refractivity contribution >= 4 is 0 Å². The van der Waals surface area contributed by atoms with Gasteiger partial charge in [0.1, 0.15) is 5.75 Å². The van der Waals surface area contributed by atoms with Crippen LogP contribution in [0.25, 0.3) is 0 Å². The van der Waals surface area contributed by atoms with Crippen LogP contribution in [0.5, 0.6) is 5.75 Å². The first-order valence-corrected chi connectivity index (χ1v) is 9.54. The first-order valence-electron chi connectivity index (χ1n) is 9.54. The Kier molecular flexibility index (Phi) is 9.11. The molecule has 0 amide bonds. The van der Waals surface area contributed by atoms with E-state index in [0.29, 0.717) is 24.3 Å². The van der Waals surface area contributed by atoms with Gasteiger partial charge in [0.2, 0.25) is 6.36 Å². The second-order valence-corrected chi connectivity index (χ2v) is 7.06. The third-order valence-corrected chi connectivity index (χ3v) is 5.13. The van der Waals surface area contributed by atoms with E-state index in [2.05, 4.69) is 10.8 Å². The maximum Gasteiger partial charge on any atom is 0.387 e. The molecule has 1 aliphatic carbocycles. The average Bonchev–Trinajstić information content (AvgIpc) is 2.67. The van der Waals surface area contributed by atoms with Crippen molar-refractivity contribution in [3.63, 3.8) is 0 Å². The third kappa shape index (κ3) is 7.53. The molecule has 0 N–H and O–H groups in total. The molecule has 0 aliphatic heterocycles. The Balaban J connectivity index is 1.71. The second-order valence-electron chi connectivity index (χ2n) is 7.06. The summed E-state index contributed by atoms with van der Waals surface area (Å²) in [5, 5.41) is 0. The van der Waals surface area contributed by atoms with Crippen LogP contribution in [0.4, 0.5) is 17.6 Å². The monoisotopic (exact) mass is 388 g/mol. The van der Waals surface area contributed by atoms with Gasteiger partial charge in [-0.25, -0.2) is 8.78 Å². The Bertz CT molecular complexity index is 554. The zero-order chi connectivity index (χ0) is 19.6. The molecule has 6 heteroatoms. The second kappa shape index (κ2) is 11.3. The molecule has 152 valence electrons. The Morgan fingerprint density at radius 3 is 2.30 bits per heavy atom. The molecule has 0 saturated heterocycles. The highest BCUT2D eigenvalue weighted by Gasteiger charge is 2.33. The number of hydrogen-bond acceptors (Lipinski definition) is 2. The fourth-order valence-electron chi connectivity index (χ4n) is 3.54. The largest absolute Gasteiger partial charge is 0.435 e. The van der Waals surface area contributed by atoms with Crippen LogP contribution < -0.4 is 4.74 Å². The summed E-state index contributed by atoms with van der Waals surface area (Å²) >= 11 is 0. The molecule has 1 aromatic carbocycles. The van der Waals surface area contributed by atoms with Crippen molar-refractivity contribution < 1.29 is 27.0 Å². The lowest BCUT2D eigenvalue weighted by Crippen LogP contribution is -2.31. The van der Waals surface area contributed by atoms with Gasteiger partial charge in [-0.05, 0) is 62.1 Å². The van der Waals surface area contributed by atoms with E-state index in [-0.39, 0.29) is 18.3 Å². The highest BCUT2D eigenvalue weighted by atomic mass is 19.3. The minimum absolute atomic E-state index is 0.0140. The van der Waals surface area contributed by atoms with E-state index < -0.39 is 19.1 Å². The Labute approximate surface area is 158 Å². The molecule has 2 atom stereocenters. The molecule has 0 aromatic heterocycles. The van der Waals surface area contributed by atoms with Gasteiger partial charge < -0.3 is 9.47 Å². The Morgan fingerprint density at radius 2 is 1.70 bits per heavy atom. The van der Waals surface area contributed by atoms with Crippen LogP contribution >= 0.6 is 0 Å². The molecular formula is C21H28F4O2. The lowest BCUT2D eigenvalue weighted by molar-refractivity contribution is -0.115. The maximum absolute atomic E-state index is 14.4. The fraction of sp³-hybridized carbons (Fsp3) is 0.619. The Hall–Kier alpha value is -1.56. The predicted molar refractivity (Wildman–Crippen MR) is 97.2 cm³/mol. The van der Waals surface area contributed by atoms with E-state index in [0.717, 1.165) is 25.7 Å². The van der Waals surface area contributed by atoms with Crippen LogP contribution in [0.15, 0.2) is 36.4 Å². The van der Waals surface area contributed by atoms with E-state index >= 15 is 0 Å². The number of halogens is 4. The lowest BCUT2D eigenvalue weighted by Gasteiger charge is -2.31. The van der Waals surface area contributed by atoms with Crippen molar-refractivity contribution in [1.82, 2.24) is 0 Å². The average molecular weight is 388 g/mol. The molecule has 0 spiro atoms. The van der Waals surface area contributed by atoms with E-state index in [4.69, 9.17) is 4.74 Å². The number of benzene rings is 1. The zero-order valence-electron chi connectivity index (χ0n) is 15.6. The molecule has 27 heavy (non-hydrogen) atoms. The van der Waals surface area contributed by atoms with Gasteiger partial charge in [-0.3, -0.25) is 0 Å². The summed E-state index contributed by atoms with van der Waals surface area (Å²) in [5.74, 6) is 0.303. The summed E-state index contributed by atoms with van der Waals surface area (Å²) in [6.45, 7) is -1.01. The molecule has 1 fully saturated rings. The summed E-state index contributed by atoms with van der Waals surface area (Å²) in [7, 11) is 0. The lowest BCUT2D eigenvalue weighted by atomic mass is 9.78. The highest BCUT2D eigenvalue weighted by Crippen LogP contribution is 2.36. The van der Waals surface area contributed by atoms with Gasteiger partial charge in [0.05, 0.1) is 6.61 Å². The maximum atomic E-state index is 14.4. The van der Waals surface area contributed by atoms with Crippen LogP contribution in [0.2, 0.25) is 0 Å². The fourth-order valence-corrected chi connectivity index (χ4v) is 3.54. The van der Waals surface area contributed by atoms with Gasteiger partial charge in [-0.2, -0.15) is 8.78 Å². The number of alkyl halides is 4. The molecular weight excluding hydrogens is 360 g/mol. The molecule has 1 aromatic rings. The summed E-state index contributed by atoms with van der Waals surface area (Å²) < 4.78 is 62.0. The van der Waals surface area contributed by atoms with Crippen LogP contribution in [-0.2, 0) is 11.3 Å². The van der Waals surface area contributed by atoms with Gasteiger partial charge in [0.15, 0.2) is 6.17 Å². The smallest absolute Gasteiger partial charge is 0.387 e. The normalized spacial score (nSPS) is 22.9. The quantitative estimate of drug-likeness (QED) is 0.332.